The molecular formula is C25H19Cl3N4O4. The van der Waals surface area contributed by atoms with Gasteiger partial charge >= 0.3 is 5.69 Å². The van der Waals surface area contributed by atoms with Crippen LogP contribution in [0.4, 0.5) is 11.5 Å². The first-order chi connectivity index (χ1) is 17.2. The van der Waals surface area contributed by atoms with E-state index >= 15 is 0 Å². The Morgan fingerprint density at radius 3 is 2.64 bits per heavy atom. The molecule has 0 aliphatic heterocycles. The van der Waals surface area contributed by atoms with Gasteiger partial charge in [0.1, 0.15) is 11.6 Å². The molecule has 0 fully saturated rings. The minimum absolute atomic E-state index is 0.0439. The van der Waals surface area contributed by atoms with Gasteiger partial charge in [0.25, 0.3) is 5.91 Å². The Kier molecular flexibility index (Phi) is 7.79. The average molecular weight is 546 g/mol. The molecule has 0 saturated carbocycles. The fourth-order valence-corrected chi connectivity index (χ4v) is 4.09. The van der Waals surface area contributed by atoms with E-state index in [1.165, 1.54) is 6.07 Å². The number of benzene rings is 3. The maximum Gasteiger partial charge on any atom is 0.311 e. The smallest absolute Gasteiger partial charge is 0.311 e. The van der Waals surface area contributed by atoms with Crippen molar-refractivity contribution in [3.05, 3.63) is 114 Å². The summed E-state index contributed by atoms with van der Waals surface area (Å²) >= 11 is 18.5. The van der Waals surface area contributed by atoms with Crippen LogP contribution < -0.4 is 10.1 Å². The van der Waals surface area contributed by atoms with Crippen molar-refractivity contribution in [1.82, 2.24) is 9.78 Å². The first-order valence-corrected chi connectivity index (χ1v) is 11.8. The van der Waals surface area contributed by atoms with Gasteiger partial charge in [0.15, 0.2) is 11.6 Å². The molecule has 0 spiro atoms. The fraction of sp³-hybridized carbons (Fsp3) is 0.120. The summed E-state index contributed by atoms with van der Waals surface area (Å²) < 4.78 is 7.22. The minimum Gasteiger partial charge on any atom is -0.482 e. The predicted molar refractivity (Wildman–Crippen MR) is 139 cm³/mol. The molecule has 0 radical (unpaired) electrons. The maximum atomic E-state index is 12.8. The summed E-state index contributed by atoms with van der Waals surface area (Å²) in [6.07, 6.45) is 1.58. The number of nitrogens with zero attached hydrogens (tertiary/aromatic N) is 3. The summed E-state index contributed by atoms with van der Waals surface area (Å²) in [6.45, 7) is 2.15. The number of hydrogen-bond acceptors (Lipinski definition) is 5. The molecule has 0 saturated heterocycles. The molecule has 1 amide bonds. The van der Waals surface area contributed by atoms with Crippen molar-refractivity contribution in [2.24, 2.45) is 0 Å². The van der Waals surface area contributed by atoms with Gasteiger partial charge < -0.3 is 10.1 Å². The zero-order valence-electron chi connectivity index (χ0n) is 18.9. The number of nitro groups is 1. The fourth-order valence-electron chi connectivity index (χ4n) is 3.42. The van der Waals surface area contributed by atoms with Crippen molar-refractivity contribution in [3.8, 4) is 5.75 Å². The van der Waals surface area contributed by atoms with Gasteiger partial charge in [-0.15, -0.1) is 0 Å². The van der Waals surface area contributed by atoms with Gasteiger partial charge in [-0.05, 0) is 53.9 Å². The summed E-state index contributed by atoms with van der Waals surface area (Å²) in [4.78, 5) is 23.7. The lowest BCUT2D eigenvalue weighted by Gasteiger charge is -2.09. The number of halogens is 3. The number of nitro benzene ring substituents is 1. The molecule has 3 aromatic carbocycles. The molecule has 0 bridgehead atoms. The zero-order valence-corrected chi connectivity index (χ0v) is 21.1. The Morgan fingerprint density at radius 2 is 1.89 bits per heavy atom. The highest BCUT2D eigenvalue weighted by Gasteiger charge is 2.17. The highest BCUT2D eigenvalue weighted by molar-refractivity contribution is 6.35. The molecule has 0 atom stereocenters. The van der Waals surface area contributed by atoms with Crippen molar-refractivity contribution in [3.63, 3.8) is 0 Å². The van der Waals surface area contributed by atoms with Gasteiger partial charge in [-0.2, -0.15) is 5.10 Å². The zero-order chi connectivity index (χ0) is 25.8. The molecule has 4 rings (SSSR count). The van der Waals surface area contributed by atoms with Crippen molar-refractivity contribution in [2.45, 2.75) is 20.1 Å². The molecular weight excluding hydrogens is 527 g/mol. The number of anilines is 1. The quantitative estimate of drug-likeness (QED) is 0.191. The molecule has 1 heterocycles. The molecule has 36 heavy (non-hydrogen) atoms. The number of carbonyl (C=O) groups excluding carboxylic acids is 1. The molecule has 8 nitrogen and oxygen atoms in total. The number of nitrogens with one attached hydrogen (secondary N) is 1. The van der Waals surface area contributed by atoms with E-state index in [4.69, 9.17) is 39.5 Å². The highest BCUT2D eigenvalue weighted by Crippen LogP contribution is 2.29. The Morgan fingerprint density at radius 1 is 1.08 bits per heavy atom. The first kappa shape index (κ1) is 25.5. The Balaban J connectivity index is 1.44. The lowest BCUT2D eigenvalue weighted by atomic mass is 10.1. The largest absolute Gasteiger partial charge is 0.482 e. The van der Waals surface area contributed by atoms with Crippen molar-refractivity contribution < 1.29 is 14.5 Å². The number of ether oxygens (including phenoxy) is 1. The van der Waals surface area contributed by atoms with Crippen molar-refractivity contribution in [2.75, 3.05) is 5.32 Å². The number of aryl methyl sites for hydroxylation is 1. The van der Waals surface area contributed by atoms with Crippen LogP contribution in [0.2, 0.25) is 15.1 Å². The molecule has 184 valence electrons. The van der Waals surface area contributed by atoms with E-state index in [-0.39, 0.29) is 28.9 Å². The standard InChI is InChI=1S/C25H19Cl3N4O4/c1-15-5-8-23(22(9-15)32(34)35)36-14-16-3-2-4-17(10-16)25(33)29-24-21(28)13-31(30-24)12-18-6-7-19(26)11-20(18)27/h2-11,13H,12,14H2,1H3,(H,29,30,33). The van der Waals surface area contributed by atoms with Crippen molar-refractivity contribution in [1.29, 1.82) is 0 Å². The summed E-state index contributed by atoms with van der Waals surface area (Å²) in [7, 11) is 0. The van der Waals surface area contributed by atoms with E-state index in [1.54, 1.807) is 72.4 Å². The van der Waals surface area contributed by atoms with E-state index in [0.717, 1.165) is 11.1 Å². The van der Waals surface area contributed by atoms with Crippen LogP contribution in [0.1, 0.15) is 27.0 Å². The van der Waals surface area contributed by atoms with E-state index in [1.807, 2.05) is 0 Å². The van der Waals surface area contributed by atoms with Gasteiger partial charge in [0.05, 0.1) is 11.5 Å². The molecule has 0 unspecified atom stereocenters. The Labute approximate surface area is 221 Å². The SMILES string of the molecule is Cc1ccc(OCc2cccc(C(=O)Nc3nn(Cc4ccc(Cl)cc4Cl)cc3Cl)c2)c([N+](=O)[O-])c1. The van der Waals surface area contributed by atoms with Crippen LogP contribution in [-0.2, 0) is 13.2 Å². The molecule has 1 aromatic heterocycles. The van der Waals surface area contributed by atoms with E-state index < -0.39 is 10.8 Å². The lowest BCUT2D eigenvalue weighted by molar-refractivity contribution is -0.386. The first-order valence-electron chi connectivity index (χ1n) is 10.6. The summed E-state index contributed by atoms with van der Waals surface area (Å²) in [5, 5.41) is 19.6. The second kappa shape index (κ2) is 11.0. The Bertz CT molecular complexity index is 1460. The van der Waals surface area contributed by atoms with Gasteiger partial charge in [-0.25, -0.2) is 0 Å². The summed E-state index contributed by atoms with van der Waals surface area (Å²) in [6, 6.07) is 16.6. The normalized spacial score (nSPS) is 10.8. The highest BCUT2D eigenvalue weighted by atomic mass is 35.5. The number of carbonyl (C=O) groups is 1. The van der Waals surface area contributed by atoms with Crippen LogP contribution in [-0.4, -0.2) is 20.6 Å². The third-order valence-corrected chi connectivity index (χ3v) is 6.05. The van der Waals surface area contributed by atoms with Gasteiger partial charge in [-0.3, -0.25) is 19.6 Å². The second-order valence-corrected chi connectivity index (χ2v) is 9.18. The van der Waals surface area contributed by atoms with Crippen molar-refractivity contribution >= 4 is 52.2 Å². The number of hydrogen-bond donors (Lipinski definition) is 1. The van der Waals surface area contributed by atoms with E-state index in [2.05, 4.69) is 10.4 Å². The van der Waals surface area contributed by atoms with E-state index in [0.29, 0.717) is 27.7 Å². The van der Waals surface area contributed by atoms with Gasteiger partial charge in [-0.1, -0.05) is 59.1 Å². The lowest BCUT2D eigenvalue weighted by Crippen LogP contribution is -2.13. The Hall–Kier alpha value is -3.59. The number of aromatic nitrogens is 2. The predicted octanol–water partition coefficient (Wildman–Crippen LogP) is 6.94. The average Bonchev–Trinajstić information content (AvgIpc) is 3.18. The monoisotopic (exact) mass is 544 g/mol. The summed E-state index contributed by atoms with van der Waals surface area (Å²) in [5.41, 5.74) is 2.44. The van der Waals surface area contributed by atoms with Gasteiger partial charge in [0.2, 0.25) is 0 Å². The van der Waals surface area contributed by atoms with Crippen LogP contribution in [0.3, 0.4) is 0 Å². The third-order valence-electron chi connectivity index (χ3n) is 5.19. The van der Waals surface area contributed by atoms with Crippen LogP contribution in [0.25, 0.3) is 0 Å². The topological polar surface area (TPSA) is 99.3 Å². The van der Waals surface area contributed by atoms with Crippen LogP contribution in [0.5, 0.6) is 5.75 Å². The van der Waals surface area contributed by atoms with Gasteiger partial charge in [0, 0.05) is 27.9 Å². The number of rotatable bonds is 8. The second-order valence-electron chi connectivity index (χ2n) is 7.93. The third kappa shape index (κ3) is 6.15. The van der Waals surface area contributed by atoms with Crippen LogP contribution in [0.15, 0.2) is 66.9 Å². The van der Waals surface area contributed by atoms with E-state index in [9.17, 15) is 14.9 Å². The molecule has 1 N–H and O–H groups in total. The minimum atomic E-state index is -0.490. The summed E-state index contributed by atoms with van der Waals surface area (Å²) in [5.74, 6) is -0.0721. The molecule has 0 aliphatic carbocycles. The molecule has 0 aliphatic rings. The number of amides is 1. The molecule has 4 aromatic rings. The maximum absolute atomic E-state index is 12.8. The molecule has 11 heteroatoms. The van der Waals surface area contributed by atoms with Crippen LogP contribution >= 0.6 is 34.8 Å². The van der Waals surface area contributed by atoms with Crippen LogP contribution in [0, 0.1) is 17.0 Å².